The molecule has 5 nitrogen and oxygen atoms in total. The lowest BCUT2D eigenvalue weighted by atomic mass is 9.90. The summed E-state index contributed by atoms with van der Waals surface area (Å²) in [6, 6.07) is 8.50. The number of carbonyl (C=O) groups excluding carboxylic acids is 1. The Hall–Kier alpha value is -2.43. The predicted octanol–water partition coefficient (Wildman–Crippen LogP) is 2.80. The fourth-order valence-corrected chi connectivity index (χ4v) is 3.69. The topological polar surface area (TPSA) is 66.1 Å². The molecule has 0 unspecified atom stereocenters. The van der Waals surface area contributed by atoms with Crippen LogP contribution in [0.5, 0.6) is 0 Å². The van der Waals surface area contributed by atoms with Crippen molar-refractivity contribution in [3.8, 4) is 0 Å². The Balaban J connectivity index is 1.56. The van der Waals surface area contributed by atoms with Gasteiger partial charge in [-0.05, 0) is 56.6 Å². The Labute approximate surface area is 154 Å². The number of aromatic nitrogens is 2. The molecule has 0 radical (unpaired) electrons. The minimum absolute atomic E-state index is 0.0294. The molecule has 1 aliphatic rings. The van der Waals surface area contributed by atoms with Gasteiger partial charge in [0.15, 0.2) is 0 Å². The van der Waals surface area contributed by atoms with Crippen molar-refractivity contribution in [3.05, 3.63) is 63.3 Å². The lowest BCUT2D eigenvalue weighted by Gasteiger charge is -2.33. The van der Waals surface area contributed by atoms with Crippen LogP contribution in [0.3, 0.4) is 0 Å². The van der Waals surface area contributed by atoms with Crippen molar-refractivity contribution in [2.24, 2.45) is 5.92 Å². The van der Waals surface area contributed by atoms with Gasteiger partial charge in [-0.3, -0.25) is 9.59 Å². The molecule has 1 fully saturated rings. The second-order valence-corrected chi connectivity index (χ2v) is 7.31. The molecule has 0 aliphatic carbocycles. The molecule has 2 heterocycles. The highest BCUT2D eigenvalue weighted by atomic mass is 16.2. The maximum absolute atomic E-state index is 12.6. The standard InChI is InChI=1S/C21H27N3O2/c1-15-6-3-4-8-18(15)10-9-17-7-5-11-24(14-17)20(25)12-19-13-22-16(2)23-21(19)26/h3-4,6,8,13,17H,5,7,9-12,14H2,1-2H3,(H,22,23,26)/t17-/m1/s1. The third-order valence-corrected chi connectivity index (χ3v) is 5.30. The highest BCUT2D eigenvalue weighted by Crippen LogP contribution is 2.23. The number of nitrogens with one attached hydrogen (secondary N) is 1. The molecule has 26 heavy (non-hydrogen) atoms. The Morgan fingerprint density at radius 3 is 2.85 bits per heavy atom. The minimum atomic E-state index is -0.209. The second-order valence-electron chi connectivity index (χ2n) is 7.31. The summed E-state index contributed by atoms with van der Waals surface area (Å²) in [6.45, 7) is 5.47. The molecule has 138 valence electrons. The number of hydrogen-bond acceptors (Lipinski definition) is 3. The van der Waals surface area contributed by atoms with Crippen molar-refractivity contribution in [2.45, 2.75) is 46.0 Å². The van der Waals surface area contributed by atoms with Gasteiger partial charge >= 0.3 is 0 Å². The highest BCUT2D eigenvalue weighted by molar-refractivity contribution is 5.78. The van der Waals surface area contributed by atoms with E-state index >= 15 is 0 Å². The average Bonchev–Trinajstić information content (AvgIpc) is 2.63. The molecular formula is C21H27N3O2. The van der Waals surface area contributed by atoms with Crippen LogP contribution in [-0.2, 0) is 17.6 Å². The molecule has 0 saturated carbocycles. The van der Waals surface area contributed by atoms with E-state index in [2.05, 4.69) is 41.2 Å². The van der Waals surface area contributed by atoms with Gasteiger partial charge in [-0.2, -0.15) is 0 Å². The number of likely N-dealkylation sites (tertiary alicyclic amines) is 1. The lowest BCUT2D eigenvalue weighted by Crippen LogP contribution is -2.41. The summed E-state index contributed by atoms with van der Waals surface area (Å²) >= 11 is 0. The molecule has 3 rings (SSSR count). The fraction of sp³-hybridized carbons (Fsp3) is 0.476. The average molecular weight is 353 g/mol. The van der Waals surface area contributed by atoms with Crippen molar-refractivity contribution in [3.63, 3.8) is 0 Å². The number of nitrogens with zero attached hydrogens (tertiary/aromatic N) is 2. The molecule has 1 atom stereocenters. The number of amides is 1. The zero-order chi connectivity index (χ0) is 18.5. The quantitative estimate of drug-likeness (QED) is 0.899. The number of carbonyl (C=O) groups is 1. The van der Waals surface area contributed by atoms with Crippen molar-refractivity contribution in [2.75, 3.05) is 13.1 Å². The van der Waals surface area contributed by atoms with Gasteiger partial charge in [-0.15, -0.1) is 0 Å². The van der Waals surface area contributed by atoms with Crippen LogP contribution in [0.25, 0.3) is 0 Å². The zero-order valence-electron chi connectivity index (χ0n) is 15.6. The third kappa shape index (κ3) is 4.59. The van der Waals surface area contributed by atoms with Gasteiger partial charge in [0.05, 0.1) is 6.42 Å². The van der Waals surface area contributed by atoms with Crippen LogP contribution in [0.1, 0.15) is 41.8 Å². The van der Waals surface area contributed by atoms with E-state index in [4.69, 9.17) is 0 Å². The van der Waals surface area contributed by atoms with Gasteiger partial charge < -0.3 is 9.88 Å². The van der Waals surface area contributed by atoms with Gasteiger partial charge in [0.1, 0.15) is 5.82 Å². The first-order valence-corrected chi connectivity index (χ1v) is 9.40. The molecule has 1 aliphatic heterocycles. The summed E-state index contributed by atoms with van der Waals surface area (Å²) in [6.07, 6.45) is 6.01. The van der Waals surface area contributed by atoms with E-state index in [1.54, 1.807) is 6.92 Å². The molecule has 0 bridgehead atoms. The van der Waals surface area contributed by atoms with Gasteiger partial charge in [0, 0.05) is 24.8 Å². The monoisotopic (exact) mass is 353 g/mol. The Morgan fingerprint density at radius 1 is 1.27 bits per heavy atom. The highest BCUT2D eigenvalue weighted by Gasteiger charge is 2.24. The maximum Gasteiger partial charge on any atom is 0.254 e. The molecule has 1 amide bonds. The van der Waals surface area contributed by atoms with Gasteiger partial charge in [0.25, 0.3) is 5.56 Å². The van der Waals surface area contributed by atoms with E-state index in [-0.39, 0.29) is 17.9 Å². The van der Waals surface area contributed by atoms with Crippen LogP contribution in [0.2, 0.25) is 0 Å². The summed E-state index contributed by atoms with van der Waals surface area (Å²) in [5.74, 6) is 1.13. The van der Waals surface area contributed by atoms with E-state index in [0.717, 1.165) is 32.4 Å². The molecular weight excluding hydrogens is 326 g/mol. The smallest absolute Gasteiger partial charge is 0.254 e. The summed E-state index contributed by atoms with van der Waals surface area (Å²) in [5, 5.41) is 0. The first-order chi connectivity index (χ1) is 12.5. The normalized spacial score (nSPS) is 17.3. The summed E-state index contributed by atoms with van der Waals surface area (Å²) in [4.78, 5) is 33.3. The Bertz CT molecular complexity index is 828. The molecule has 1 aromatic carbocycles. The fourth-order valence-electron chi connectivity index (χ4n) is 3.69. The van der Waals surface area contributed by atoms with E-state index < -0.39 is 0 Å². The Morgan fingerprint density at radius 2 is 2.08 bits per heavy atom. The van der Waals surface area contributed by atoms with Crippen LogP contribution in [0.4, 0.5) is 0 Å². The third-order valence-electron chi connectivity index (χ3n) is 5.30. The SMILES string of the molecule is Cc1ncc(CC(=O)N2CCC[C@H](CCc3ccccc3C)C2)c(=O)[nH]1. The first-order valence-electron chi connectivity index (χ1n) is 9.40. The van der Waals surface area contributed by atoms with Gasteiger partial charge in [-0.25, -0.2) is 4.98 Å². The minimum Gasteiger partial charge on any atom is -0.342 e. The van der Waals surface area contributed by atoms with Crippen LogP contribution in [-0.4, -0.2) is 33.9 Å². The molecule has 2 aromatic rings. The van der Waals surface area contributed by atoms with Crippen molar-refractivity contribution < 1.29 is 4.79 Å². The van der Waals surface area contributed by atoms with Crippen LogP contribution < -0.4 is 5.56 Å². The van der Waals surface area contributed by atoms with Gasteiger partial charge in [0.2, 0.25) is 5.91 Å². The summed E-state index contributed by atoms with van der Waals surface area (Å²) in [5.41, 5.74) is 2.97. The zero-order valence-corrected chi connectivity index (χ0v) is 15.6. The molecule has 0 spiro atoms. The molecule has 1 aromatic heterocycles. The molecule has 1 saturated heterocycles. The first kappa shape index (κ1) is 18.4. The van der Waals surface area contributed by atoms with E-state index in [0.29, 0.717) is 17.3 Å². The van der Waals surface area contributed by atoms with Crippen LogP contribution in [0, 0.1) is 19.8 Å². The summed E-state index contributed by atoms with van der Waals surface area (Å²) in [7, 11) is 0. The molecule has 5 heteroatoms. The number of rotatable bonds is 5. The van der Waals surface area contributed by atoms with Crippen molar-refractivity contribution in [1.82, 2.24) is 14.9 Å². The largest absolute Gasteiger partial charge is 0.342 e. The predicted molar refractivity (Wildman–Crippen MR) is 102 cm³/mol. The van der Waals surface area contributed by atoms with Crippen LogP contribution >= 0.6 is 0 Å². The maximum atomic E-state index is 12.6. The second kappa shape index (κ2) is 8.30. The lowest BCUT2D eigenvalue weighted by molar-refractivity contribution is -0.132. The van der Waals surface area contributed by atoms with Crippen LogP contribution in [0.15, 0.2) is 35.3 Å². The number of benzene rings is 1. The number of aryl methyl sites for hydroxylation is 3. The van der Waals surface area contributed by atoms with E-state index in [1.165, 1.54) is 23.7 Å². The van der Waals surface area contributed by atoms with Crippen molar-refractivity contribution >= 4 is 5.91 Å². The van der Waals surface area contributed by atoms with Gasteiger partial charge in [-0.1, -0.05) is 24.3 Å². The molecule has 1 N–H and O–H groups in total. The van der Waals surface area contributed by atoms with E-state index in [9.17, 15) is 9.59 Å². The number of aromatic amines is 1. The van der Waals surface area contributed by atoms with E-state index in [1.807, 2.05) is 4.90 Å². The number of piperidine rings is 1. The Kier molecular flexibility index (Phi) is 5.86. The number of H-pyrrole nitrogens is 1. The summed E-state index contributed by atoms with van der Waals surface area (Å²) < 4.78 is 0. The number of hydrogen-bond donors (Lipinski definition) is 1. The van der Waals surface area contributed by atoms with Crippen molar-refractivity contribution in [1.29, 1.82) is 0 Å².